The van der Waals surface area contributed by atoms with Crippen molar-refractivity contribution in [2.75, 3.05) is 6.54 Å². The number of benzene rings is 1. The molecule has 96 valence electrons. The number of para-hydroxylation sites is 1. The minimum atomic E-state index is -0.249. The van der Waals surface area contributed by atoms with Crippen molar-refractivity contribution in [2.45, 2.75) is 26.3 Å². The highest BCUT2D eigenvalue weighted by molar-refractivity contribution is 5.43. The summed E-state index contributed by atoms with van der Waals surface area (Å²) in [4.78, 5) is 0. The molecule has 4 heteroatoms. The number of rotatable bonds is 5. The summed E-state index contributed by atoms with van der Waals surface area (Å²) >= 11 is 0. The monoisotopic (exact) mass is 247 g/mol. The Morgan fingerprint density at radius 3 is 2.89 bits per heavy atom. The van der Waals surface area contributed by atoms with Crippen molar-refractivity contribution in [1.82, 2.24) is 15.1 Å². The molecule has 1 atom stereocenters. The van der Waals surface area contributed by atoms with Gasteiger partial charge in [0, 0.05) is 18.4 Å². The Morgan fingerprint density at radius 2 is 2.22 bits per heavy atom. The first-order chi connectivity index (χ1) is 8.74. The quantitative estimate of drug-likeness (QED) is 0.880. The van der Waals surface area contributed by atoms with Gasteiger partial charge in [0.2, 0.25) is 0 Å². The molecule has 0 aliphatic rings. The maximum absolute atomic E-state index is 14.0. The molecule has 1 heterocycles. The molecule has 1 aromatic heterocycles. The van der Waals surface area contributed by atoms with Gasteiger partial charge in [-0.05, 0) is 37.6 Å². The van der Waals surface area contributed by atoms with Crippen molar-refractivity contribution in [1.29, 1.82) is 0 Å². The Kier molecular flexibility index (Phi) is 4.10. The molecule has 0 aliphatic carbocycles. The van der Waals surface area contributed by atoms with Gasteiger partial charge < -0.3 is 5.32 Å². The molecular weight excluding hydrogens is 229 g/mol. The lowest BCUT2D eigenvalue weighted by Crippen LogP contribution is -2.21. The van der Waals surface area contributed by atoms with Gasteiger partial charge in [0.25, 0.3) is 0 Å². The third-order valence-corrected chi connectivity index (χ3v) is 2.92. The van der Waals surface area contributed by atoms with E-state index in [-0.39, 0.29) is 11.9 Å². The molecule has 1 unspecified atom stereocenters. The molecule has 0 amide bonds. The van der Waals surface area contributed by atoms with Crippen molar-refractivity contribution < 1.29 is 4.39 Å². The number of hydrogen-bond acceptors (Lipinski definition) is 2. The summed E-state index contributed by atoms with van der Waals surface area (Å²) in [5.41, 5.74) is 1.45. The lowest BCUT2D eigenvalue weighted by atomic mass is 10.1. The molecule has 2 rings (SSSR count). The SMILES string of the molecule is CCCNC(C)c1cccc(F)c1-n1cccn1. The zero-order chi connectivity index (χ0) is 13.0. The van der Waals surface area contributed by atoms with E-state index in [0.717, 1.165) is 18.5 Å². The Bertz CT molecular complexity index is 494. The third kappa shape index (κ3) is 2.59. The third-order valence-electron chi connectivity index (χ3n) is 2.92. The van der Waals surface area contributed by atoms with Crippen LogP contribution >= 0.6 is 0 Å². The maximum Gasteiger partial charge on any atom is 0.149 e. The van der Waals surface area contributed by atoms with Gasteiger partial charge in [0.1, 0.15) is 11.5 Å². The number of aromatic nitrogens is 2. The van der Waals surface area contributed by atoms with Crippen molar-refractivity contribution in [3.8, 4) is 5.69 Å². The normalized spacial score (nSPS) is 12.6. The molecule has 0 spiro atoms. The lowest BCUT2D eigenvalue weighted by molar-refractivity contribution is 0.553. The molecule has 0 saturated heterocycles. The van der Waals surface area contributed by atoms with Gasteiger partial charge in [0.15, 0.2) is 0 Å². The highest BCUT2D eigenvalue weighted by atomic mass is 19.1. The van der Waals surface area contributed by atoms with E-state index < -0.39 is 0 Å². The van der Waals surface area contributed by atoms with Crippen LogP contribution < -0.4 is 5.32 Å². The van der Waals surface area contributed by atoms with Gasteiger partial charge in [-0.1, -0.05) is 19.1 Å². The van der Waals surface area contributed by atoms with Crippen LogP contribution in [0.3, 0.4) is 0 Å². The first kappa shape index (κ1) is 12.8. The van der Waals surface area contributed by atoms with Crippen LogP contribution in [0.2, 0.25) is 0 Å². The van der Waals surface area contributed by atoms with E-state index in [2.05, 4.69) is 17.3 Å². The average molecular weight is 247 g/mol. The van der Waals surface area contributed by atoms with Crippen molar-refractivity contribution in [3.63, 3.8) is 0 Å². The second-order valence-electron chi connectivity index (χ2n) is 4.30. The van der Waals surface area contributed by atoms with E-state index in [1.54, 1.807) is 29.2 Å². The summed E-state index contributed by atoms with van der Waals surface area (Å²) in [6.07, 6.45) is 4.46. The van der Waals surface area contributed by atoms with Crippen LogP contribution in [0.15, 0.2) is 36.7 Å². The van der Waals surface area contributed by atoms with Crippen LogP contribution in [0.1, 0.15) is 31.9 Å². The Balaban J connectivity index is 2.38. The van der Waals surface area contributed by atoms with E-state index >= 15 is 0 Å². The summed E-state index contributed by atoms with van der Waals surface area (Å²) in [6.45, 7) is 5.06. The van der Waals surface area contributed by atoms with Crippen LogP contribution in [0.4, 0.5) is 4.39 Å². The van der Waals surface area contributed by atoms with E-state index in [1.165, 1.54) is 6.07 Å². The molecule has 0 radical (unpaired) electrons. The minimum Gasteiger partial charge on any atom is -0.310 e. The molecule has 2 aromatic rings. The number of hydrogen-bond donors (Lipinski definition) is 1. The van der Waals surface area contributed by atoms with E-state index in [9.17, 15) is 4.39 Å². The van der Waals surface area contributed by atoms with Crippen LogP contribution in [-0.4, -0.2) is 16.3 Å². The van der Waals surface area contributed by atoms with Crippen molar-refractivity contribution >= 4 is 0 Å². The first-order valence-corrected chi connectivity index (χ1v) is 6.26. The number of nitrogens with zero attached hydrogens (tertiary/aromatic N) is 2. The zero-order valence-corrected chi connectivity index (χ0v) is 10.7. The predicted octanol–water partition coefficient (Wildman–Crippen LogP) is 3.07. The first-order valence-electron chi connectivity index (χ1n) is 6.26. The van der Waals surface area contributed by atoms with Gasteiger partial charge in [-0.2, -0.15) is 5.10 Å². The van der Waals surface area contributed by atoms with Gasteiger partial charge in [-0.25, -0.2) is 9.07 Å². The Hall–Kier alpha value is -1.68. The Morgan fingerprint density at radius 1 is 1.39 bits per heavy atom. The van der Waals surface area contributed by atoms with Gasteiger partial charge in [0.05, 0.1) is 0 Å². The molecule has 0 saturated carbocycles. The zero-order valence-electron chi connectivity index (χ0n) is 10.7. The van der Waals surface area contributed by atoms with E-state index in [0.29, 0.717) is 5.69 Å². The van der Waals surface area contributed by atoms with Crippen LogP contribution in [0.5, 0.6) is 0 Å². The van der Waals surface area contributed by atoms with Crippen molar-refractivity contribution in [2.24, 2.45) is 0 Å². The standard InChI is InChI=1S/C14H18FN3/c1-3-8-16-11(2)12-6-4-7-13(15)14(12)18-10-5-9-17-18/h4-7,9-11,16H,3,8H2,1-2H3. The van der Waals surface area contributed by atoms with E-state index in [1.807, 2.05) is 13.0 Å². The summed E-state index contributed by atoms with van der Waals surface area (Å²) in [5, 5.41) is 7.49. The summed E-state index contributed by atoms with van der Waals surface area (Å²) in [7, 11) is 0. The second kappa shape index (κ2) is 5.78. The van der Waals surface area contributed by atoms with Crippen LogP contribution in [-0.2, 0) is 0 Å². The second-order valence-corrected chi connectivity index (χ2v) is 4.30. The molecule has 0 bridgehead atoms. The van der Waals surface area contributed by atoms with Crippen LogP contribution in [0, 0.1) is 5.82 Å². The fourth-order valence-electron chi connectivity index (χ4n) is 2.00. The summed E-state index contributed by atoms with van der Waals surface area (Å²) < 4.78 is 15.6. The summed E-state index contributed by atoms with van der Waals surface area (Å²) in [6, 6.07) is 7.03. The molecule has 0 aliphatic heterocycles. The molecule has 18 heavy (non-hydrogen) atoms. The predicted molar refractivity (Wildman–Crippen MR) is 70.2 cm³/mol. The van der Waals surface area contributed by atoms with Gasteiger partial charge in [-0.15, -0.1) is 0 Å². The summed E-state index contributed by atoms with van der Waals surface area (Å²) in [5.74, 6) is -0.249. The lowest BCUT2D eigenvalue weighted by Gasteiger charge is -2.18. The smallest absolute Gasteiger partial charge is 0.149 e. The number of halogens is 1. The fraction of sp³-hybridized carbons (Fsp3) is 0.357. The molecule has 3 nitrogen and oxygen atoms in total. The van der Waals surface area contributed by atoms with Crippen LogP contribution in [0.25, 0.3) is 5.69 Å². The van der Waals surface area contributed by atoms with Gasteiger partial charge >= 0.3 is 0 Å². The minimum absolute atomic E-state index is 0.0971. The largest absolute Gasteiger partial charge is 0.310 e. The van der Waals surface area contributed by atoms with E-state index in [4.69, 9.17) is 0 Å². The van der Waals surface area contributed by atoms with Crippen molar-refractivity contribution in [3.05, 3.63) is 48.0 Å². The highest BCUT2D eigenvalue weighted by Gasteiger charge is 2.15. The molecule has 0 fully saturated rings. The topological polar surface area (TPSA) is 29.9 Å². The highest BCUT2D eigenvalue weighted by Crippen LogP contribution is 2.23. The maximum atomic E-state index is 14.0. The fourth-order valence-corrected chi connectivity index (χ4v) is 2.00. The molecule has 1 aromatic carbocycles. The number of nitrogens with one attached hydrogen (secondary N) is 1. The average Bonchev–Trinajstić information content (AvgIpc) is 2.89. The van der Waals surface area contributed by atoms with Gasteiger partial charge in [-0.3, -0.25) is 0 Å². The molecular formula is C14H18FN3. The Labute approximate surface area is 107 Å². The molecule has 1 N–H and O–H groups in total.